The molecule has 15 heavy (non-hydrogen) atoms. The van der Waals surface area contributed by atoms with Gasteiger partial charge >= 0.3 is 0 Å². The summed E-state index contributed by atoms with van der Waals surface area (Å²) in [4.78, 5) is 0. The van der Waals surface area contributed by atoms with Crippen molar-refractivity contribution in [1.82, 2.24) is 0 Å². The minimum absolute atomic E-state index is 0.0176. The Labute approximate surface area is 92.8 Å². The maximum absolute atomic E-state index is 9.38. The van der Waals surface area contributed by atoms with Gasteiger partial charge in [0.2, 0.25) is 0 Å². The lowest BCUT2D eigenvalue weighted by Crippen LogP contribution is -2.40. The van der Waals surface area contributed by atoms with E-state index in [1.807, 2.05) is 20.8 Å². The fraction of sp³-hybridized carbons (Fsp3) is 1.00. The van der Waals surface area contributed by atoms with Crippen LogP contribution >= 0.6 is 0 Å². The van der Waals surface area contributed by atoms with Crippen molar-refractivity contribution in [2.24, 2.45) is 0 Å². The van der Waals surface area contributed by atoms with Crippen molar-refractivity contribution >= 4 is 0 Å². The second kappa shape index (κ2) is 4.81. The Bertz CT molecular complexity index is 203. The Kier molecular flexibility index (Phi) is 4.15. The Morgan fingerprint density at radius 3 is 2.40 bits per heavy atom. The molecular weight excluding hydrogens is 192 g/mol. The van der Waals surface area contributed by atoms with Crippen LogP contribution in [0.25, 0.3) is 0 Å². The van der Waals surface area contributed by atoms with Gasteiger partial charge in [-0.2, -0.15) is 0 Å². The zero-order valence-electron chi connectivity index (χ0n) is 10.4. The molecule has 0 bridgehead atoms. The van der Waals surface area contributed by atoms with Crippen LogP contribution in [0.4, 0.5) is 0 Å². The zero-order valence-corrected chi connectivity index (χ0v) is 10.4. The molecule has 3 nitrogen and oxygen atoms in total. The maximum Gasteiger partial charge on any atom is 0.164 e. The molecule has 0 amide bonds. The smallest absolute Gasteiger partial charge is 0.164 e. The van der Waals surface area contributed by atoms with Crippen molar-refractivity contribution in [3.05, 3.63) is 0 Å². The molecule has 90 valence electrons. The van der Waals surface area contributed by atoms with Crippen LogP contribution < -0.4 is 0 Å². The van der Waals surface area contributed by atoms with Crippen molar-refractivity contribution in [3.8, 4) is 0 Å². The van der Waals surface area contributed by atoms with E-state index in [4.69, 9.17) is 9.47 Å². The van der Waals surface area contributed by atoms with Crippen molar-refractivity contribution in [2.45, 2.75) is 70.9 Å². The predicted molar refractivity (Wildman–Crippen MR) is 59.7 cm³/mol. The summed E-state index contributed by atoms with van der Waals surface area (Å²) in [5, 5.41) is 9.38. The molecule has 0 aliphatic carbocycles. The van der Waals surface area contributed by atoms with Gasteiger partial charge in [0.1, 0.15) is 5.60 Å². The number of hydrogen-bond donors (Lipinski definition) is 1. The minimum Gasteiger partial charge on any atom is -0.393 e. The summed E-state index contributed by atoms with van der Waals surface area (Å²) in [5.74, 6) is -0.561. The van der Waals surface area contributed by atoms with Crippen LogP contribution in [0.1, 0.15) is 53.4 Å². The lowest BCUT2D eigenvalue weighted by atomic mass is 9.95. The van der Waals surface area contributed by atoms with Gasteiger partial charge in [0.05, 0.1) is 12.7 Å². The number of ether oxygens (including phenoxy) is 2. The fourth-order valence-electron chi connectivity index (χ4n) is 2.20. The third-order valence-electron chi connectivity index (χ3n) is 2.97. The van der Waals surface area contributed by atoms with E-state index in [-0.39, 0.29) is 12.7 Å². The van der Waals surface area contributed by atoms with Crippen LogP contribution in [0.5, 0.6) is 0 Å². The Morgan fingerprint density at radius 2 is 1.87 bits per heavy atom. The highest BCUT2D eigenvalue weighted by molar-refractivity contribution is 4.92. The van der Waals surface area contributed by atoms with Crippen molar-refractivity contribution in [2.75, 3.05) is 6.61 Å². The summed E-state index contributed by atoms with van der Waals surface area (Å²) < 4.78 is 11.6. The van der Waals surface area contributed by atoms with E-state index >= 15 is 0 Å². The average Bonchev–Trinajstić information content (AvgIpc) is 2.38. The van der Waals surface area contributed by atoms with E-state index < -0.39 is 11.4 Å². The quantitative estimate of drug-likeness (QED) is 0.717. The third kappa shape index (κ3) is 3.16. The van der Waals surface area contributed by atoms with Gasteiger partial charge in [0, 0.05) is 0 Å². The normalized spacial score (nSPS) is 34.6. The zero-order chi connectivity index (χ0) is 11.5. The van der Waals surface area contributed by atoms with Crippen molar-refractivity contribution in [1.29, 1.82) is 0 Å². The summed E-state index contributed by atoms with van der Waals surface area (Å²) in [5.41, 5.74) is -0.531. The van der Waals surface area contributed by atoms with Gasteiger partial charge in [0.15, 0.2) is 5.79 Å². The highest BCUT2D eigenvalue weighted by Crippen LogP contribution is 2.38. The molecule has 0 unspecified atom stereocenters. The molecule has 1 N–H and O–H groups in total. The second-order valence-corrected chi connectivity index (χ2v) is 5.07. The number of hydrogen-bond acceptors (Lipinski definition) is 3. The summed E-state index contributed by atoms with van der Waals surface area (Å²) in [7, 11) is 0. The molecule has 0 spiro atoms. The van der Waals surface area contributed by atoms with Gasteiger partial charge in [-0.25, -0.2) is 0 Å². The maximum atomic E-state index is 9.38. The third-order valence-corrected chi connectivity index (χ3v) is 2.97. The lowest BCUT2D eigenvalue weighted by Gasteiger charge is -2.26. The molecule has 1 aliphatic heterocycles. The van der Waals surface area contributed by atoms with Gasteiger partial charge in [-0.15, -0.1) is 0 Å². The molecule has 0 radical (unpaired) electrons. The van der Waals surface area contributed by atoms with E-state index in [1.165, 1.54) is 12.8 Å². The molecule has 1 fully saturated rings. The number of aliphatic hydroxyl groups is 1. The highest BCUT2D eigenvalue weighted by atomic mass is 16.8. The fourth-order valence-corrected chi connectivity index (χ4v) is 2.20. The predicted octanol–water partition coefficient (Wildman–Crippen LogP) is 2.47. The SMILES string of the molecule is CCCCC[C@@H]1OC(C)(C)O[C@@]1(C)CO. The Hall–Kier alpha value is -0.120. The molecule has 1 rings (SSSR count). The van der Waals surface area contributed by atoms with Crippen LogP contribution in [0.2, 0.25) is 0 Å². The van der Waals surface area contributed by atoms with Crippen LogP contribution in [0.3, 0.4) is 0 Å². The second-order valence-electron chi connectivity index (χ2n) is 5.07. The minimum atomic E-state index is -0.561. The van der Waals surface area contributed by atoms with E-state index in [2.05, 4.69) is 6.92 Å². The molecule has 1 heterocycles. The standard InChI is InChI=1S/C12H24O3/c1-5-6-7-8-10-12(4,9-13)15-11(2,3)14-10/h10,13H,5-9H2,1-4H3/t10-,12-/m0/s1. The molecule has 2 atom stereocenters. The molecule has 1 saturated heterocycles. The summed E-state index contributed by atoms with van der Waals surface area (Å²) in [6.07, 6.45) is 4.53. The molecule has 0 aromatic carbocycles. The van der Waals surface area contributed by atoms with Crippen LogP contribution in [-0.2, 0) is 9.47 Å². The summed E-state index contributed by atoms with van der Waals surface area (Å²) >= 11 is 0. The molecular formula is C12H24O3. The largest absolute Gasteiger partial charge is 0.393 e. The van der Waals surface area contributed by atoms with Crippen LogP contribution in [0.15, 0.2) is 0 Å². The highest BCUT2D eigenvalue weighted by Gasteiger charge is 2.49. The lowest BCUT2D eigenvalue weighted by molar-refractivity contribution is -0.166. The number of rotatable bonds is 5. The molecule has 0 aromatic rings. The van der Waals surface area contributed by atoms with E-state index in [9.17, 15) is 5.11 Å². The first-order chi connectivity index (χ1) is 6.93. The Balaban J connectivity index is 2.54. The molecule has 0 aromatic heterocycles. The van der Waals surface area contributed by atoms with E-state index in [1.54, 1.807) is 0 Å². The topological polar surface area (TPSA) is 38.7 Å². The van der Waals surface area contributed by atoms with Gasteiger partial charge in [-0.3, -0.25) is 0 Å². The van der Waals surface area contributed by atoms with Gasteiger partial charge in [-0.1, -0.05) is 26.2 Å². The van der Waals surface area contributed by atoms with E-state index in [0.717, 1.165) is 12.8 Å². The van der Waals surface area contributed by atoms with Crippen LogP contribution in [-0.4, -0.2) is 29.2 Å². The van der Waals surface area contributed by atoms with Crippen molar-refractivity contribution < 1.29 is 14.6 Å². The first-order valence-corrected chi connectivity index (χ1v) is 5.92. The van der Waals surface area contributed by atoms with Gasteiger partial charge in [-0.05, 0) is 27.2 Å². The monoisotopic (exact) mass is 216 g/mol. The van der Waals surface area contributed by atoms with Crippen LogP contribution in [0, 0.1) is 0 Å². The first-order valence-electron chi connectivity index (χ1n) is 5.92. The van der Waals surface area contributed by atoms with Crippen molar-refractivity contribution in [3.63, 3.8) is 0 Å². The number of unbranched alkanes of at least 4 members (excludes halogenated alkanes) is 2. The number of aliphatic hydroxyl groups excluding tert-OH is 1. The summed E-state index contributed by atoms with van der Waals surface area (Å²) in [6.45, 7) is 7.94. The van der Waals surface area contributed by atoms with Gasteiger partial charge in [0.25, 0.3) is 0 Å². The Morgan fingerprint density at radius 1 is 1.20 bits per heavy atom. The average molecular weight is 216 g/mol. The molecule has 1 aliphatic rings. The summed E-state index contributed by atoms with van der Waals surface area (Å²) in [6, 6.07) is 0. The molecule has 0 saturated carbocycles. The van der Waals surface area contributed by atoms with Gasteiger partial charge < -0.3 is 14.6 Å². The molecule has 3 heteroatoms. The van der Waals surface area contributed by atoms with E-state index in [0.29, 0.717) is 0 Å². The first kappa shape index (κ1) is 12.9.